The van der Waals surface area contributed by atoms with Crippen LogP contribution in [0.15, 0.2) is 24.5 Å². The lowest BCUT2D eigenvalue weighted by Crippen LogP contribution is -2.50. The van der Waals surface area contributed by atoms with E-state index in [2.05, 4.69) is 4.98 Å². The van der Waals surface area contributed by atoms with E-state index in [0.717, 1.165) is 5.56 Å². The van der Waals surface area contributed by atoms with Gasteiger partial charge in [-0.1, -0.05) is 0 Å². The summed E-state index contributed by atoms with van der Waals surface area (Å²) in [4.78, 5) is 46.0. The van der Waals surface area contributed by atoms with E-state index >= 15 is 0 Å². The molecule has 1 spiro atoms. The average Bonchev–Trinajstić information content (AvgIpc) is 3.15. The fourth-order valence-electron chi connectivity index (χ4n) is 4.24. The lowest BCUT2D eigenvalue weighted by Gasteiger charge is -2.38. The maximum atomic E-state index is 12.9. The molecule has 3 aliphatic heterocycles. The van der Waals surface area contributed by atoms with Crippen molar-refractivity contribution in [2.45, 2.75) is 31.4 Å². The van der Waals surface area contributed by atoms with E-state index < -0.39 is 5.60 Å². The number of likely N-dealkylation sites (N-methyl/N-ethyl adjacent to an activating group) is 1. The molecule has 3 amide bonds. The minimum atomic E-state index is -0.457. The van der Waals surface area contributed by atoms with Gasteiger partial charge in [-0.3, -0.25) is 14.6 Å². The minimum Gasteiger partial charge on any atom is -0.441 e. The summed E-state index contributed by atoms with van der Waals surface area (Å²) in [5.41, 5.74) is 0.556. The molecule has 1 aromatic rings. The van der Waals surface area contributed by atoms with Crippen molar-refractivity contribution in [3.8, 4) is 0 Å². The Morgan fingerprint density at radius 1 is 1.26 bits per heavy atom. The quantitative estimate of drug-likeness (QED) is 0.786. The highest BCUT2D eigenvalue weighted by molar-refractivity contribution is 5.89. The monoisotopic (exact) mass is 372 g/mol. The molecule has 4 rings (SSSR count). The van der Waals surface area contributed by atoms with Crippen LogP contribution >= 0.6 is 0 Å². The van der Waals surface area contributed by atoms with Crippen molar-refractivity contribution in [1.82, 2.24) is 19.7 Å². The van der Waals surface area contributed by atoms with Crippen molar-refractivity contribution >= 4 is 17.9 Å². The highest BCUT2D eigenvalue weighted by Crippen LogP contribution is 2.33. The molecule has 1 unspecified atom stereocenters. The molecule has 1 aromatic heterocycles. The van der Waals surface area contributed by atoms with Crippen LogP contribution in [0.5, 0.6) is 0 Å². The number of nitrogens with zero attached hydrogens (tertiary/aromatic N) is 4. The molecule has 27 heavy (non-hydrogen) atoms. The molecule has 0 saturated carbocycles. The Bertz CT molecular complexity index is 745. The highest BCUT2D eigenvalue weighted by atomic mass is 16.6. The summed E-state index contributed by atoms with van der Waals surface area (Å²) in [6.45, 7) is 2.68. The van der Waals surface area contributed by atoms with Gasteiger partial charge in [0.05, 0.1) is 12.5 Å². The number of hydrogen-bond donors (Lipinski definition) is 0. The number of ether oxygens (including phenoxy) is 1. The van der Waals surface area contributed by atoms with E-state index in [1.165, 1.54) is 0 Å². The summed E-state index contributed by atoms with van der Waals surface area (Å²) < 4.78 is 5.54. The topological polar surface area (TPSA) is 83.1 Å². The molecule has 3 saturated heterocycles. The van der Waals surface area contributed by atoms with Gasteiger partial charge in [0.15, 0.2) is 0 Å². The molecular formula is C19H24N4O4. The summed E-state index contributed by atoms with van der Waals surface area (Å²) in [5, 5.41) is 0. The number of amides is 3. The van der Waals surface area contributed by atoms with E-state index in [-0.39, 0.29) is 30.2 Å². The van der Waals surface area contributed by atoms with Crippen molar-refractivity contribution in [3.63, 3.8) is 0 Å². The first-order valence-electron chi connectivity index (χ1n) is 9.35. The predicted octanol–water partition coefficient (Wildman–Crippen LogP) is 0.873. The van der Waals surface area contributed by atoms with Gasteiger partial charge in [0.1, 0.15) is 5.60 Å². The van der Waals surface area contributed by atoms with Crippen molar-refractivity contribution in [3.05, 3.63) is 30.1 Å². The summed E-state index contributed by atoms with van der Waals surface area (Å²) >= 11 is 0. The number of piperidine rings is 1. The lowest BCUT2D eigenvalue weighted by atomic mass is 9.90. The zero-order valence-electron chi connectivity index (χ0n) is 15.5. The zero-order valence-corrected chi connectivity index (χ0v) is 15.5. The van der Waals surface area contributed by atoms with E-state index in [4.69, 9.17) is 4.74 Å². The number of aromatic nitrogens is 1. The molecule has 8 heteroatoms. The van der Waals surface area contributed by atoms with Crippen molar-refractivity contribution < 1.29 is 19.1 Å². The standard InChI is InChI=1S/C19H24N4O4/c1-21-13-19(27-18(21)26)4-8-22(9-5-19)17(25)15-10-16(24)23(12-15)11-14-2-6-20-7-3-14/h2-3,6-7,15H,4-5,8-13H2,1H3. The van der Waals surface area contributed by atoms with Gasteiger partial charge in [0, 0.05) is 64.9 Å². The molecule has 144 valence electrons. The number of carbonyl (C=O) groups excluding carboxylic acids is 3. The summed E-state index contributed by atoms with van der Waals surface area (Å²) in [6.07, 6.45) is 4.68. The van der Waals surface area contributed by atoms with Gasteiger partial charge in [-0.25, -0.2) is 4.79 Å². The Hall–Kier alpha value is -2.64. The second-order valence-electron chi connectivity index (χ2n) is 7.76. The number of carbonyl (C=O) groups is 3. The molecule has 1 atom stereocenters. The first-order chi connectivity index (χ1) is 13.0. The molecule has 8 nitrogen and oxygen atoms in total. The Morgan fingerprint density at radius 3 is 2.59 bits per heavy atom. The molecule has 0 N–H and O–H groups in total. The Morgan fingerprint density at radius 2 is 1.96 bits per heavy atom. The van der Waals surface area contributed by atoms with Gasteiger partial charge in [0.2, 0.25) is 11.8 Å². The zero-order chi connectivity index (χ0) is 19.0. The van der Waals surface area contributed by atoms with E-state index in [1.807, 2.05) is 17.0 Å². The summed E-state index contributed by atoms with van der Waals surface area (Å²) in [7, 11) is 1.73. The van der Waals surface area contributed by atoms with Crippen LogP contribution in [0.4, 0.5) is 4.79 Å². The van der Waals surface area contributed by atoms with Crippen LogP contribution < -0.4 is 0 Å². The summed E-state index contributed by atoms with van der Waals surface area (Å²) in [6, 6.07) is 3.76. The molecule has 0 aromatic carbocycles. The SMILES string of the molecule is CN1CC2(CCN(C(=O)C3CC(=O)N(Cc4ccncc4)C3)CC2)OC1=O. The fraction of sp³-hybridized carbons (Fsp3) is 0.579. The lowest BCUT2D eigenvalue weighted by molar-refractivity contribution is -0.139. The maximum absolute atomic E-state index is 12.9. The van der Waals surface area contributed by atoms with Gasteiger partial charge in [-0.05, 0) is 17.7 Å². The third kappa shape index (κ3) is 3.48. The smallest absolute Gasteiger partial charge is 0.410 e. The second-order valence-corrected chi connectivity index (χ2v) is 7.76. The number of hydrogen-bond acceptors (Lipinski definition) is 5. The molecule has 3 aliphatic rings. The highest BCUT2D eigenvalue weighted by Gasteiger charge is 2.47. The predicted molar refractivity (Wildman–Crippen MR) is 95.4 cm³/mol. The van der Waals surface area contributed by atoms with Crippen LogP contribution in [0, 0.1) is 5.92 Å². The molecule has 0 bridgehead atoms. The van der Waals surface area contributed by atoms with E-state index in [1.54, 1.807) is 29.2 Å². The Balaban J connectivity index is 1.33. The fourth-order valence-corrected chi connectivity index (χ4v) is 4.24. The number of likely N-dealkylation sites (tertiary alicyclic amines) is 2. The van der Waals surface area contributed by atoms with E-state index in [9.17, 15) is 14.4 Å². The minimum absolute atomic E-state index is 0.0185. The van der Waals surface area contributed by atoms with Crippen molar-refractivity contribution in [2.24, 2.45) is 5.92 Å². The largest absolute Gasteiger partial charge is 0.441 e. The van der Waals surface area contributed by atoms with Crippen LogP contribution in [-0.2, 0) is 20.9 Å². The number of pyridine rings is 1. The Labute approximate surface area is 158 Å². The average molecular weight is 372 g/mol. The summed E-state index contributed by atoms with van der Waals surface area (Å²) in [5.74, 6) is -0.236. The van der Waals surface area contributed by atoms with Gasteiger partial charge in [0.25, 0.3) is 0 Å². The van der Waals surface area contributed by atoms with Crippen LogP contribution in [0.2, 0.25) is 0 Å². The Kier molecular flexibility index (Phi) is 4.49. The van der Waals surface area contributed by atoms with Gasteiger partial charge in [-0.2, -0.15) is 0 Å². The maximum Gasteiger partial charge on any atom is 0.410 e. The van der Waals surface area contributed by atoms with Gasteiger partial charge in [-0.15, -0.1) is 0 Å². The normalized spacial score (nSPS) is 24.6. The second kappa shape index (κ2) is 6.83. The van der Waals surface area contributed by atoms with E-state index in [0.29, 0.717) is 45.6 Å². The van der Waals surface area contributed by atoms with Gasteiger partial charge >= 0.3 is 6.09 Å². The van der Waals surface area contributed by atoms with Crippen LogP contribution in [0.3, 0.4) is 0 Å². The molecular weight excluding hydrogens is 348 g/mol. The van der Waals surface area contributed by atoms with Crippen molar-refractivity contribution in [2.75, 3.05) is 33.2 Å². The first kappa shape index (κ1) is 17.8. The molecule has 0 radical (unpaired) electrons. The van der Waals surface area contributed by atoms with Crippen LogP contribution in [-0.4, -0.2) is 76.4 Å². The van der Waals surface area contributed by atoms with Crippen LogP contribution in [0.1, 0.15) is 24.8 Å². The van der Waals surface area contributed by atoms with Gasteiger partial charge < -0.3 is 19.4 Å². The van der Waals surface area contributed by atoms with Crippen molar-refractivity contribution in [1.29, 1.82) is 0 Å². The molecule has 0 aliphatic carbocycles. The first-order valence-corrected chi connectivity index (χ1v) is 9.35. The number of rotatable bonds is 3. The molecule has 3 fully saturated rings. The third-order valence-electron chi connectivity index (χ3n) is 5.81. The van der Waals surface area contributed by atoms with Crippen LogP contribution in [0.25, 0.3) is 0 Å². The third-order valence-corrected chi connectivity index (χ3v) is 5.81. The molecule has 4 heterocycles.